The maximum atomic E-state index is 13.2. The molecule has 0 radical (unpaired) electrons. The Morgan fingerprint density at radius 3 is 2.16 bits per heavy atom. The highest BCUT2D eigenvalue weighted by molar-refractivity contribution is 5.91. The molecule has 1 saturated heterocycles. The molecule has 1 unspecified atom stereocenters. The van der Waals surface area contributed by atoms with Crippen molar-refractivity contribution in [3.8, 4) is 5.75 Å². The Labute approximate surface area is 223 Å². The van der Waals surface area contributed by atoms with Gasteiger partial charge in [0, 0.05) is 13.1 Å². The predicted molar refractivity (Wildman–Crippen MR) is 154 cm³/mol. The van der Waals surface area contributed by atoms with Crippen LogP contribution in [0.25, 0.3) is 0 Å². The summed E-state index contributed by atoms with van der Waals surface area (Å²) >= 11 is 0. The van der Waals surface area contributed by atoms with E-state index in [9.17, 15) is 4.79 Å². The van der Waals surface area contributed by atoms with Crippen LogP contribution < -0.4 is 10.5 Å². The van der Waals surface area contributed by atoms with Gasteiger partial charge in [0.15, 0.2) is 0 Å². The summed E-state index contributed by atoms with van der Waals surface area (Å²) < 4.78 is 5.76. The van der Waals surface area contributed by atoms with Crippen molar-refractivity contribution in [1.82, 2.24) is 4.90 Å². The van der Waals surface area contributed by atoms with Crippen LogP contribution in [-0.2, 0) is 23.1 Å². The fourth-order valence-electron chi connectivity index (χ4n) is 5.77. The highest BCUT2D eigenvalue weighted by Gasteiger charge is 2.49. The van der Waals surface area contributed by atoms with Crippen molar-refractivity contribution >= 4 is 5.91 Å². The maximum absolute atomic E-state index is 13.2. The van der Waals surface area contributed by atoms with Crippen molar-refractivity contribution in [3.05, 3.63) is 101 Å². The summed E-state index contributed by atoms with van der Waals surface area (Å²) in [5.41, 5.74) is 10.1. The van der Waals surface area contributed by atoms with Gasteiger partial charge in [0.25, 0.3) is 0 Å². The molecule has 3 aromatic carbocycles. The van der Waals surface area contributed by atoms with Crippen molar-refractivity contribution in [3.63, 3.8) is 0 Å². The quantitative estimate of drug-likeness (QED) is 0.408. The van der Waals surface area contributed by atoms with Gasteiger partial charge in [-0.3, -0.25) is 4.79 Å². The number of carbonyl (C=O) groups is 1. The Kier molecular flexibility index (Phi) is 10.8. The van der Waals surface area contributed by atoms with E-state index in [2.05, 4.69) is 47.4 Å². The Morgan fingerprint density at radius 2 is 1.57 bits per heavy atom. The molecule has 198 valence electrons. The standard InChI is InChI=1S/C29H32N2O2.2C2H6/c30-28(32)29(24-9-3-1-4-10-24,25-11-5-2-6-12-25)26-16-18-31(21-26)17-15-22-13-14-27-23(20-22)8-7-19-33-27;2*1-2/h1-6,9-14,20,26H,7-8,15-19,21H2,(H2,30,32);2*1-2H3. The number of fused-ring (bicyclic) bond motifs is 1. The maximum Gasteiger partial charge on any atom is 0.232 e. The Morgan fingerprint density at radius 1 is 0.946 bits per heavy atom. The fraction of sp³-hybridized carbons (Fsp3) is 0.424. The van der Waals surface area contributed by atoms with Gasteiger partial charge in [-0.15, -0.1) is 0 Å². The molecule has 2 heterocycles. The van der Waals surface area contributed by atoms with E-state index in [1.54, 1.807) is 0 Å². The van der Waals surface area contributed by atoms with Crippen LogP contribution in [0.15, 0.2) is 78.9 Å². The molecule has 0 spiro atoms. The lowest BCUT2D eigenvalue weighted by Gasteiger charge is -2.37. The summed E-state index contributed by atoms with van der Waals surface area (Å²) in [6, 6.07) is 26.8. The SMILES string of the molecule is CC.CC.NC(=O)C(c1ccccc1)(c1ccccc1)C1CCN(CCc2ccc3c(c2)CCCO3)C1. The topological polar surface area (TPSA) is 55.6 Å². The molecular formula is C33H44N2O2. The summed E-state index contributed by atoms with van der Waals surface area (Å²) in [6.07, 6.45) is 4.15. The highest BCUT2D eigenvalue weighted by atomic mass is 16.5. The number of primary amides is 1. The van der Waals surface area contributed by atoms with E-state index < -0.39 is 5.41 Å². The lowest BCUT2D eigenvalue weighted by molar-refractivity contribution is -0.123. The van der Waals surface area contributed by atoms with Crippen LogP contribution >= 0.6 is 0 Å². The molecule has 2 aliphatic rings. The van der Waals surface area contributed by atoms with E-state index >= 15 is 0 Å². The van der Waals surface area contributed by atoms with E-state index in [1.807, 2.05) is 64.1 Å². The first-order valence-electron chi connectivity index (χ1n) is 14.1. The number of carbonyl (C=O) groups excluding carboxylic acids is 1. The number of rotatable bonds is 7. The first-order valence-corrected chi connectivity index (χ1v) is 14.1. The minimum atomic E-state index is -0.819. The average Bonchev–Trinajstić information content (AvgIpc) is 3.44. The zero-order valence-electron chi connectivity index (χ0n) is 23.1. The lowest BCUT2D eigenvalue weighted by atomic mass is 9.64. The monoisotopic (exact) mass is 500 g/mol. The van der Waals surface area contributed by atoms with Crippen LogP contribution in [-0.4, -0.2) is 37.0 Å². The van der Waals surface area contributed by atoms with Crippen LogP contribution in [0.3, 0.4) is 0 Å². The van der Waals surface area contributed by atoms with Crippen LogP contribution in [0, 0.1) is 5.92 Å². The van der Waals surface area contributed by atoms with Crippen molar-refractivity contribution in [2.45, 2.75) is 58.8 Å². The van der Waals surface area contributed by atoms with Crippen molar-refractivity contribution in [2.75, 3.05) is 26.2 Å². The van der Waals surface area contributed by atoms with Crippen LogP contribution in [0.2, 0.25) is 0 Å². The number of benzene rings is 3. The molecule has 1 atom stereocenters. The Bertz CT molecular complexity index is 1060. The minimum Gasteiger partial charge on any atom is -0.493 e. The normalized spacial score (nSPS) is 16.8. The average molecular weight is 501 g/mol. The molecule has 5 rings (SSSR count). The van der Waals surface area contributed by atoms with Crippen LogP contribution in [0.5, 0.6) is 5.75 Å². The van der Waals surface area contributed by atoms with Crippen molar-refractivity contribution in [2.24, 2.45) is 11.7 Å². The molecule has 4 heteroatoms. The van der Waals surface area contributed by atoms with E-state index in [1.165, 1.54) is 11.1 Å². The number of likely N-dealkylation sites (tertiary alicyclic amines) is 1. The van der Waals surface area contributed by atoms with Gasteiger partial charge >= 0.3 is 0 Å². The number of amides is 1. The van der Waals surface area contributed by atoms with Gasteiger partial charge in [-0.2, -0.15) is 0 Å². The number of nitrogens with zero attached hydrogens (tertiary/aromatic N) is 1. The van der Waals surface area contributed by atoms with Gasteiger partial charge in [0.05, 0.1) is 6.61 Å². The molecule has 0 aromatic heterocycles. The van der Waals surface area contributed by atoms with E-state index in [0.29, 0.717) is 0 Å². The van der Waals surface area contributed by atoms with Crippen molar-refractivity contribution in [1.29, 1.82) is 0 Å². The van der Waals surface area contributed by atoms with Gasteiger partial charge in [0.1, 0.15) is 11.2 Å². The van der Waals surface area contributed by atoms with Crippen LogP contribution in [0.4, 0.5) is 0 Å². The molecule has 0 saturated carbocycles. The summed E-state index contributed by atoms with van der Waals surface area (Å²) in [5.74, 6) is 0.918. The van der Waals surface area contributed by atoms with E-state index in [4.69, 9.17) is 10.5 Å². The van der Waals surface area contributed by atoms with Gasteiger partial charge < -0.3 is 15.4 Å². The summed E-state index contributed by atoms with van der Waals surface area (Å²) in [7, 11) is 0. The zero-order chi connectivity index (χ0) is 26.7. The second kappa shape index (κ2) is 14.0. The highest BCUT2D eigenvalue weighted by Crippen LogP contribution is 2.43. The number of aryl methyl sites for hydroxylation is 1. The third-order valence-corrected chi connectivity index (χ3v) is 7.42. The van der Waals surface area contributed by atoms with Gasteiger partial charge in [-0.05, 0) is 66.5 Å². The third kappa shape index (κ3) is 6.24. The van der Waals surface area contributed by atoms with Gasteiger partial charge in [-0.1, -0.05) is 100 Å². The van der Waals surface area contributed by atoms with Gasteiger partial charge in [0.2, 0.25) is 5.91 Å². The molecule has 1 amide bonds. The van der Waals surface area contributed by atoms with Crippen LogP contribution in [0.1, 0.15) is 62.8 Å². The molecule has 1 fully saturated rings. The zero-order valence-corrected chi connectivity index (χ0v) is 23.1. The number of hydrogen-bond donors (Lipinski definition) is 1. The largest absolute Gasteiger partial charge is 0.493 e. The first kappa shape index (κ1) is 28.5. The molecular weight excluding hydrogens is 456 g/mol. The molecule has 3 aromatic rings. The first-order chi connectivity index (χ1) is 18.2. The molecule has 2 aliphatic heterocycles. The van der Waals surface area contributed by atoms with E-state index in [-0.39, 0.29) is 11.8 Å². The number of nitrogens with two attached hydrogens (primary N) is 1. The molecule has 0 aliphatic carbocycles. The predicted octanol–water partition coefficient (Wildman–Crippen LogP) is 6.40. The third-order valence-electron chi connectivity index (χ3n) is 7.42. The molecule has 4 nitrogen and oxygen atoms in total. The second-order valence-corrected chi connectivity index (χ2v) is 9.33. The minimum absolute atomic E-state index is 0.136. The Balaban J connectivity index is 0.000000907. The Hall–Kier alpha value is -3.11. The van der Waals surface area contributed by atoms with E-state index in [0.717, 1.165) is 68.8 Å². The molecule has 0 bridgehead atoms. The summed E-state index contributed by atoms with van der Waals surface area (Å²) in [6.45, 7) is 11.6. The summed E-state index contributed by atoms with van der Waals surface area (Å²) in [4.78, 5) is 15.7. The molecule has 37 heavy (non-hydrogen) atoms. The number of ether oxygens (including phenoxy) is 1. The second-order valence-electron chi connectivity index (χ2n) is 9.33. The number of hydrogen-bond acceptors (Lipinski definition) is 3. The lowest BCUT2D eigenvalue weighted by Crippen LogP contribution is -2.49. The van der Waals surface area contributed by atoms with Crippen molar-refractivity contribution < 1.29 is 9.53 Å². The summed E-state index contributed by atoms with van der Waals surface area (Å²) in [5, 5.41) is 0. The van der Waals surface area contributed by atoms with Gasteiger partial charge in [-0.25, -0.2) is 0 Å². The fourth-order valence-corrected chi connectivity index (χ4v) is 5.77. The molecule has 2 N–H and O–H groups in total. The smallest absolute Gasteiger partial charge is 0.232 e.